The number of carbonyl (C=O) groups is 2. The first-order chi connectivity index (χ1) is 15.9. The number of anilines is 2. The van der Waals surface area contributed by atoms with Crippen molar-refractivity contribution in [2.75, 3.05) is 17.7 Å². The fourth-order valence-corrected chi connectivity index (χ4v) is 4.42. The summed E-state index contributed by atoms with van der Waals surface area (Å²) >= 11 is 1.15. The van der Waals surface area contributed by atoms with Gasteiger partial charge in [-0.15, -0.1) is 11.3 Å². The van der Waals surface area contributed by atoms with Crippen LogP contribution in [0.4, 0.5) is 11.4 Å². The number of hydrogen-bond donors (Lipinski definition) is 2. The molecule has 2 N–H and O–H groups in total. The number of aryl methyl sites for hydroxylation is 1. The number of aromatic nitrogens is 2. The Morgan fingerprint density at radius 2 is 1.70 bits per heavy atom. The first-order valence-corrected chi connectivity index (χ1v) is 11.0. The Morgan fingerprint density at radius 3 is 2.36 bits per heavy atom. The number of thiophene rings is 1. The molecule has 2 amide bonds. The van der Waals surface area contributed by atoms with Crippen LogP contribution in [0.25, 0.3) is 10.2 Å². The second kappa shape index (κ2) is 9.25. The average molecular weight is 463 g/mol. The Bertz CT molecular complexity index is 1380. The molecule has 4 aromatic rings. The lowest BCUT2D eigenvalue weighted by Gasteiger charge is -2.15. The van der Waals surface area contributed by atoms with E-state index >= 15 is 0 Å². The minimum absolute atomic E-state index is 0.307. The van der Waals surface area contributed by atoms with E-state index in [9.17, 15) is 14.4 Å². The van der Waals surface area contributed by atoms with Gasteiger partial charge in [-0.1, -0.05) is 18.2 Å². The van der Waals surface area contributed by atoms with Crippen LogP contribution in [0.2, 0.25) is 0 Å². The minimum Gasteiger partial charge on any atom is -0.497 e. The van der Waals surface area contributed by atoms with Gasteiger partial charge < -0.3 is 15.4 Å². The Morgan fingerprint density at radius 1 is 1.03 bits per heavy atom. The topological polar surface area (TPSA) is 102 Å². The highest BCUT2D eigenvalue weighted by atomic mass is 32.1. The van der Waals surface area contributed by atoms with Crippen LogP contribution in [0.5, 0.6) is 5.75 Å². The molecule has 0 saturated carbocycles. The lowest BCUT2D eigenvalue weighted by atomic mass is 10.2. The molecule has 0 spiro atoms. The van der Waals surface area contributed by atoms with Crippen molar-refractivity contribution < 1.29 is 14.3 Å². The normalized spacial score (nSPS) is 11.7. The van der Waals surface area contributed by atoms with Crippen LogP contribution >= 0.6 is 11.3 Å². The van der Waals surface area contributed by atoms with Crippen molar-refractivity contribution >= 4 is 44.7 Å². The van der Waals surface area contributed by atoms with E-state index in [0.717, 1.165) is 11.3 Å². The van der Waals surface area contributed by atoms with Crippen molar-refractivity contribution in [3.05, 3.63) is 81.7 Å². The molecule has 4 rings (SSSR count). The molecule has 33 heavy (non-hydrogen) atoms. The summed E-state index contributed by atoms with van der Waals surface area (Å²) in [6.07, 6.45) is 1.34. The van der Waals surface area contributed by atoms with Crippen LogP contribution in [-0.4, -0.2) is 28.5 Å². The molecule has 0 radical (unpaired) electrons. The van der Waals surface area contributed by atoms with Gasteiger partial charge in [-0.3, -0.25) is 19.0 Å². The van der Waals surface area contributed by atoms with Crippen LogP contribution < -0.4 is 20.9 Å². The van der Waals surface area contributed by atoms with Crippen molar-refractivity contribution in [1.29, 1.82) is 0 Å². The highest BCUT2D eigenvalue weighted by Crippen LogP contribution is 2.28. The van der Waals surface area contributed by atoms with Crippen molar-refractivity contribution in [2.24, 2.45) is 0 Å². The summed E-state index contributed by atoms with van der Waals surface area (Å²) in [5.41, 5.74) is 1.41. The van der Waals surface area contributed by atoms with Gasteiger partial charge in [0, 0.05) is 11.4 Å². The largest absolute Gasteiger partial charge is 0.497 e. The van der Waals surface area contributed by atoms with Gasteiger partial charge in [0.1, 0.15) is 16.6 Å². The fraction of sp³-hybridized carbons (Fsp3) is 0.167. The first-order valence-electron chi connectivity index (χ1n) is 10.2. The van der Waals surface area contributed by atoms with Crippen LogP contribution in [-0.2, 0) is 4.79 Å². The van der Waals surface area contributed by atoms with Crippen LogP contribution in [0.3, 0.4) is 0 Å². The molecule has 168 valence electrons. The van der Waals surface area contributed by atoms with E-state index < -0.39 is 6.04 Å². The maximum atomic E-state index is 13.2. The van der Waals surface area contributed by atoms with Crippen LogP contribution in [0.15, 0.2) is 65.7 Å². The summed E-state index contributed by atoms with van der Waals surface area (Å²) in [6.45, 7) is 3.34. The second-order valence-electron chi connectivity index (χ2n) is 7.41. The molecular formula is C24H22N4O4S. The average Bonchev–Trinajstić information content (AvgIpc) is 3.17. The van der Waals surface area contributed by atoms with Gasteiger partial charge in [0.25, 0.3) is 11.5 Å². The molecule has 0 fully saturated rings. The van der Waals surface area contributed by atoms with Gasteiger partial charge in [-0.2, -0.15) is 0 Å². The van der Waals surface area contributed by atoms with Crippen molar-refractivity contribution in [1.82, 2.24) is 9.55 Å². The molecule has 0 bridgehead atoms. The molecule has 0 aliphatic rings. The smallest absolute Gasteiger partial charge is 0.266 e. The first kappa shape index (κ1) is 22.2. The molecule has 2 aromatic heterocycles. The maximum Gasteiger partial charge on any atom is 0.266 e. The number of hydrogen-bond acceptors (Lipinski definition) is 6. The van der Waals surface area contributed by atoms with Gasteiger partial charge in [-0.05, 0) is 55.8 Å². The van der Waals surface area contributed by atoms with Crippen LogP contribution in [0.1, 0.15) is 28.2 Å². The standard InChI is InChI=1S/C24H22N4O4S/c1-14-19-23(33-20(14)22(30)27-16-7-5-4-6-8-16)25-13-28(24(19)31)15(2)21(29)26-17-9-11-18(32-3)12-10-17/h4-13,15H,1-3H3,(H,26,29)(H,27,30). The zero-order valence-corrected chi connectivity index (χ0v) is 19.1. The second-order valence-corrected chi connectivity index (χ2v) is 8.41. The summed E-state index contributed by atoms with van der Waals surface area (Å²) in [7, 11) is 1.56. The van der Waals surface area contributed by atoms with E-state index in [0.29, 0.717) is 37.8 Å². The summed E-state index contributed by atoms with van der Waals surface area (Å²) < 4.78 is 6.39. The number of fused-ring (bicyclic) bond motifs is 1. The van der Waals surface area contributed by atoms with Gasteiger partial charge >= 0.3 is 0 Å². The highest BCUT2D eigenvalue weighted by molar-refractivity contribution is 7.20. The third-order valence-electron chi connectivity index (χ3n) is 5.27. The molecule has 0 aliphatic carbocycles. The molecule has 1 atom stereocenters. The number of nitrogens with one attached hydrogen (secondary N) is 2. The Balaban J connectivity index is 1.60. The van der Waals surface area contributed by atoms with Crippen molar-refractivity contribution in [2.45, 2.75) is 19.9 Å². The van der Waals surface area contributed by atoms with Crippen molar-refractivity contribution in [3.63, 3.8) is 0 Å². The predicted molar refractivity (Wildman–Crippen MR) is 129 cm³/mol. The molecule has 0 aliphatic heterocycles. The Kier molecular flexibility index (Phi) is 6.23. The Labute approximate surface area is 193 Å². The predicted octanol–water partition coefficient (Wildman–Crippen LogP) is 4.23. The van der Waals surface area contributed by atoms with E-state index in [4.69, 9.17) is 4.74 Å². The van der Waals surface area contributed by atoms with E-state index in [-0.39, 0.29) is 17.4 Å². The number of carbonyl (C=O) groups excluding carboxylic acids is 2. The van der Waals surface area contributed by atoms with E-state index in [1.165, 1.54) is 10.9 Å². The summed E-state index contributed by atoms with van der Waals surface area (Å²) in [5.74, 6) is 0.00301. The number of ether oxygens (including phenoxy) is 1. The molecule has 1 unspecified atom stereocenters. The Hall–Kier alpha value is -3.98. The van der Waals surface area contributed by atoms with E-state index in [2.05, 4.69) is 15.6 Å². The number of benzene rings is 2. The van der Waals surface area contributed by atoms with E-state index in [1.54, 1.807) is 57.4 Å². The molecule has 2 heterocycles. The maximum absolute atomic E-state index is 13.2. The molecule has 9 heteroatoms. The number of para-hydroxylation sites is 1. The number of nitrogens with zero attached hydrogens (tertiary/aromatic N) is 2. The quantitative estimate of drug-likeness (QED) is 0.447. The highest BCUT2D eigenvalue weighted by Gasteiger charge is 2.23. The molecule has 2 aromatic carbocycles. The third kappa shape index (κ3) is 4.49. The van der Waals surface area contributed by atoms with Gasteiger partial charge in [0.2, 0.25) is 5.91 Å². The lowest BCUT2D eigenvalue weighted by Crippen LogP contribution is -2.31. The zero-order chi connectivity index (χ0) is 23.5. The SMILES string of the molecule is COc1ccc(NC(=O)C(C)n2cnc3sc(C(=O)Nc4ccccc4)c(C)c3c2=O)cc1. The summed E-state index contributed by atoms with van der Waals surface area (Å²) in [5, 5.41) is 5.96. The van der Waals surface area contributed by atoms with Crippen molar-refractivity contribution in [3.8, 4) is 5.75 Å². The van der Waals surface area contributed by atoms with E-state index in [1.807, 2.05) is 18.2 Å². The third-order valence-corrected chi connectivity index (χ3v) is 6.47. The minimum atomic E-state index is -0.808. The molecule has 8 nitrogen and oxygen atoms in total. The lowest BCUT2D eigenvalue weighted by molar-refractivity contribution is -0.118. The van der Waals surface area contributed by atoms with Crippen LogP contribution in [0, 0.1) is 6.92 Å². The van der Waals surface area contributed by atoms with Gasteiger partial charge in [0.15, 0.2) is 0 Å². The number of amides is 2. The monoisotopic (exact) mass is 462 g/mol. The fourth-order valence-electron chi connectivity index (χ4n) is 3.39. The van der Waals surface area contributed by atoms with Gasteiger partial charge in [0.05, 0.1) is 23.7 Å². The number of rotatable bonds is 6. The molecule has 0 saturated heterocycles. The number of methoxy groups -OCH3 is 1. The summed E-state index contributed by atoms with van der Waals surface area (Å²) in [6, 6.07) is 15.2. The summed E-state index contributed by atoms with van der Waals surface area (Å²) in [4.78, 5) is 44.0. The zero-order valence-electron chi connectivity index (χ0n) is 18.3. The van der Waals surface area contributed by atoms with Gasteiger partial charge in [-0.25, -0.2) is 4.98 Å². The molecular weight excluding hydrogens is 440 g/mol.